The van der Waals surface area contributed by atoms with E-state index < -0.39 is 0 Å². The lowest BCUT2D eigenvalue weighted by Gasteiger charge is -1.98. The first-order valence-electron chi connectivity index (χ1n) is 4.78. The highest BCUT2D eigenvalue weighted by Gasteiger charge is 1.88. The second-order valence-corrected chi connectivity index (χ2v) is 4.07. The third kappa shape index (κ3) is 3.22. The van der Waals surface area contributed by atoms with E-state index in [1.807, 2.05) is 41.9 Å². The van der Waals surface area contributed by atoms with Crippen molar-refractivity contribution in [2.75, 3.05) is 0 Å². The van der Waals surface area contributed by atoms with Crippen molar-refractivity contribution in [1.29, 1.82) is 0 Å². The molecule has 0 saturated heterocycles. The number of hydrogen-bond donors (Lipinski definition) is 1. The van der Waals surface area contributed by atoms with E-state index >= 15 is 0 Å². The molecule has 0 unspecified atom stereocenters. The molecule has 3 heteroatoms. The van der Waals surface area contributed by atoms with Crippen molar-refractivity contribution in [3.05, 3.63) is 58.3 Å². The van der Waals surface area contributed by atoms with Gasteiger partial charge in [-0.1, -0.05) is 36.4 Å². The fourth-order valence-corrected chi connectivity index (χ4v) is 1.79. The number of nitrogens with zero attached hydrogens (tertiary/aromatic N) is 1. The van der Waals surface area contributed by atoms with Crippen LogP contribution in [0.25, 0.3) is 0 Å². The maximum absolute atomic E-state index is 4.14. The van der Waals surface area contributed by atoms with Gasteiger partial charge >= 0.3 is 0 Å². The minimum Gasteiger partial charge on any atom is -0.306 e. The molecule has 1 N–H and O–H groups in total. The van der Waals surface area contributed by atoms with E-state index in [0.717, 1.165) is 11.4 Å². The first-order chi connectivity index (χ1) is 7.45. The van der Waals surface area contributed by atoms with Gasteiger partial charge in [-0.05, 0) is 17.0 Å². The standard InChI is InChI=1S/C12H12N2S/c1-2-5-11(6-3-1)9-13-14-10-12-7-4-8-15-12/h1-8,10,13H,9H2. The molecule has 0 radical (unpaired) electrons. The Labute approximate surface area is 93.3 Å². The largest absolute Gasteiger partial charge is 0.306 e. The van der Waals surface area contributed by atoms with Crippen LogP contribution in [0.4, 0.5) is 0 Å². The van der Waals surface area contributed by atoms with Crippen molar-refractivity contribution in [2.45, 2.75) is 6.54 Å². The number of thiophene rings is 1. The van der Waals surface area contributed by atoms with Gasteiger partial charge in [-0.15, -0.1) is 11.3 Å². The summed E-state index contributed by atoms with van der Waals surface area (Å²) in [4.78, 5) is 1.16. The van der Waals surface area contributed by atoms with Gasteiger partial charge in [0.15, 0.2) is 0 Å². The fourth-order valence-electron chi connectivity index (χ4n) is 1.21. The van der Waals surface area contributed by atoms with Crippen molar-refractivity contribution in [3.63, 3.8) is 0 Å². The number of hydrogen-bond acceptors (Lipinski definition) is 3. The van der Waals surface area contributed by atoms with Gasteiger partial charge < -0.3 is 5.43 Å². The number of rotatable bonds is 4. The normalized spacial score (nSPS) is 10.7. The van der Waals surface area contributed by atoms with Gasteiger partial charge in [0.05, 0.1) is 12.8 Å². The molecule has 0 aliphatic rings. The summed E-state index contributed by atoms with van der Waals surface area (Å²) in [6.07, 6.45) is 1.84. The van der Waals surface area contributed by atoms with E-state index in [1.165, 1.54) is 5.56 Å². The van der Waals surface area contributed by atoms with Gasteiger partial charge in [-0.25, -0.2) is 0 Å². The Hall–Kier alpha value is -1.61. The molecule has 0 fully saturated rings. The molecule has 0 spiro atoms. The SMILES string of the molecule is C(=NNCc1ccccc1)c1cccs1. The summed E-state index contributed by atoms with van der Waals surface area (Å²) in [5.74, 6) is 0. The number of benzene rings is 1. The molecule has 0 aliphatic heterocycles. The minimum absolute atomic E-state index is 0.767. The van der Waals surface area contributed by atoms with Crippen LogP contribution in [0.5, 0.6) is 0 Å². The molecule has 0 saturated carbocycles. The molecule has 0 aliphatic carbocycles. The summed E-state index contributed by atoms with van der Waals surface area (Å²) < 4.78 is 0. The highest BCUT2D eigenvalue weighted by atomic mass is 32.1. The number of hydrazone groups is 1. The Morgan fingerprint density at radius 1 is 1.13 bits per heavy atom. The summed E-state index contributed by atoms with van der Waals surface area (Å²) in [5, 5.41) is 6.18. The topological polar surface area (TPSA) is 24.4 Å². The predicted molar refractivity (Wildman–Crippen MR) is 65.2 cm³/mol. The highest BCUT2D eigenvalue weighted by molar-refractivity contribution is 7.11. The van der Waals surface area contributed by atoms with Crippen LogP contribution in [0.2, 0.25) is 0 Å². The van der Waals surface area contributed by atoms with E-state index in [1.54, 1.807) is 11.3 Å². The Morgan fingerprint density at radius 2 is 2.00 bits per heavy atom. The first-order valence-corrected chi connectivity index (χ1v) is 5.66. The van der Waals surface area contributed by atoms with Crippen LogP contribution in [0, 0.1) is 0 Å². The quantitative estimate of drug-likeness (QED) is 0.617. The van der Waals surface area contributed by atoms with Gasteiger partial charge in [0.2, 0.25) is 0 Å². The van der Waals surface area contributed by atoms with Crippen LogP contribution >= 0.6 is 11.3 Å². The molecule has 76 valence electrons. The van der Waals surface area contributed by atoms with Crippen LogP contribution in [-0.2, 0) is 6.54 Å². The Morgan fingerprint density at radius 3 is 2.73 bits per heavy atom. The second-order valence-electron chi connectivity index (χ2n) is 3.09. The van der Waals surface area contributed by atoms with Gasteiger partial charge in [-0.2, -0.15) is 5.10 Å². The zero-order chi connectivity index (χ0) is 10.3. The maximum atomic E-state index is 4.14. The summed E-state index contributed by atoms with van der Waals surface area (Å²) in [7, 11) is 0. The van der Waals surface area contributed by atoms with Crippen LogP contribution in [0.15, 0.2) is 52.9 Å². The highest BCUT2D eigenvalue weighted by Crippen LogP contribution is 2.04. The zero-order valence-corrected chi connectivity index (χ0v) is 9.08. The predicted octanol–water partition coefficient (Wildman–Crippen LogP) is 2.87. The van der Waals surface area contributed by atoms with E-state index in [-0.39, 0.29) is 0 Å². The molecular formula is C12H12N2S. The molecule has 2 aromatic rings. The third-order valence-corrected chi connectivity index (χ3v) is 2.76. The van der Waals surface area contributed by atoms with Crippen molar-refractivity contribution >= 4 is 17.6 Å². The Balaban J connectivity index is 1.80. The summed E-state index contributed by atoms with van der Waals surface area (Å²) in [5.41, 5.74) is 4.25. The first kappa shape index (κ1) is 9.93. The average Bonchev–Trinajstić information content (AvgIpc) is 2.79. The average molecular weight is 216 g/mol. The van der Waals surface area contributed by atoms with Crippen LogP contribution in [0.1, 0.15) is 10.4 Å². The molecule has 0 atom stereocenters. The van der Waals surface area contributed by atoms with E-state index in [4.69, 9.17) is 0 Å². The second kappa shape index (κ2) is 5.32. The number of nitrogens with one attached hydrogen (secondary N) is 1. The molecular weight excluding hydrogens is 204 g/mol. The maximum Gasteiger partial charge on any atom is 0.0640 e. The van der Waals surface area contributed by atoms with Crippen molar-refractivity contribution < 1.29 is 0 Å². The molecule has 15 heavy (non-hydrogen) atoms. The van der Waals surface area contributed by atoms with Gasteiger partial charge in [-0.3, -0.25) is 0 Å². The van der Waals surface area contributed by atoms with Crippen molar-refractivity contribution in [3.8, 4) is 0 Å². The van der Waals surface area contributed by atoms with E-state index in [0.29, 0.717) is 0 Å². The third-order valence-electron chi connectivity index (χ3n) is 1.95. The zero-order valence-electron chi connectivity index (χ0n) is 8.26. The lowest BCUT2D eigenvalue weighted by atomic mass is 10.2. The molecule has 0 amide bonds. The van der Waals surface area contributed by atoms with E-state index in [9.17, 15) is 0 Å². The summed E-state index contributed by atoms with van der Waals surface area (Å²) in [6.45, 7) is 0.767. The Bertz CT molecular complexity index is 406. The molecule has 1 aromatic carbocycles. The van der Waals surface area contributed by atoms with Crippen molar-refractivity contribution in [2.24, 2.45) is 5.10 Å². The minimum atomic E-state index is 0.767. The van der Waals surface area contributed by atoms with Crippen molar-refractivity contribution in [1.82, 2.24) is 5.43 Å². The molecule has 1 heterocycles. The van der Waals surface area contributed by atoms with Crippen LogP contribution in [0.3, 0.4) is 0 Å². The summed E-state index contributed by atoms with van der Waals surface area (Å²) >= 11 is 1.68. The van der Waals surface area contributed by atoms with E-state index in [2.05, 4.69) is 22.7 Å². The van der Waals surface area contributed by atoms with Gasteiger partial charge in [0, 0.05) is 4.88 Å². The fraction of sp³-hybridized carbons (Fsp3) is 0.0833. The monoisotopic (exact) mass is 216 g/mol. The lowest BCUT2D eigenvalue weighted by molar-refractivity contribution is 0.748. The smallest absolute Gasteiger partial charge is 0.0640 e. The van der Waals surface area contributed by atoms with Gasteiger partial charge in [0.1, 0.15) is 0 Å². The molecule has 1 aromatic heterocycles. The van der Waals surface area contributed by atoms with Crippen LogP contribution < -0.4 is 5.43 Å². The molecule has 0 bridgehead atoms. The lowest BCUT2D eigenvalue weighted by Crippen LogP contribution is -2.04. The summed E-state index contributed by atoms with van der Waals surface area (Å²) in [6, 6.07) is 14.3. The molecule has 2 nitrogen and oxygen atoms in total. The molecule has 2 rings (SSSR count). The van der Waals surface area contributed by atoms with Crippen LogP contribution in [-0.4, -0.2) is 6.21 Å². The van der Waals surface area contributed by atoms with Gasteiger partial charge in [0.25, 0.3) is 0 Å². The Kier molecular flexibility index (Phi) is 3.52.